The van der Waals surface area contributed by atoms with E-state index in [9.17, 15) is 4.79 Å². The Bertz CT molecular complexity index is 1410. The molecule has 0 radical (unpaired) electrons. The summed E-state index contributed by atoms with van der Waals surface area (Å²) in [6.45, 7) is 5.92. The Balaban J connectivity index is 1.71. The largest absolute Gasteiger partial charge is 0.496 e. The number of amides is 1. The molecule has 0 aliphatic rings. The molecule has 1 aromatic heterocycles. The second-order valence-electron chi connectivity index (χ2n) is 8.36. The summed E-state index contributed by atoms with van der Waals surface area (Å²) in [6.07, 6.45) is 3.33. The highest BCUT2D eigenvalue weighted by atomic mass is 16.5. The van der Waals surface area contributed by atoms with E-state index in [1.807, 2.05) is 19.9 Å². The number of ether oxygens (including phenoxy) is 3. The molecule has 180 valence electrons. The first-order chi connectivity index (χ1) is 16.9. The first kappa shape index (κ1) is 24.0. The summed E-state index contributed by atoms with van der Waals surface area (Å²) >= 11 is 0. The minimum atomic E-state index is -0.263. The molecule has 1 N–H and O–H groups in total. The van der Waals surface area contributed by atoms with Gasteiger partial charge in [-0.15, -0.1) is 0 Å². The number of allylic oxidation sites excluding steroid dienone is 1. The number of furan rings is 1. The molecule has 0 saturated carbocycles. The standard InChI is InChI=1S/C29H29NO5/c1-17-7-9-20(10-8-17)24-16-35-29-19(3)28(34-6)22(15-23(24)29)18(2)13-27(31)30-21-11-12-25(32-4)26(14-21)33-5/h7-16H,1-6H3,(H,30,31)/b18-13+. The van der Waals surface area contributed by atoms with Gasteiger partial charge in [0.05, 0.1) is 27.6 Å². The third kappa shape index (κ3) is 4.73. The summed E-state index contributed by atoms with van der Waals surface area (Å²) < 4.78 is 22.3. The highest BCUT2D eigenvalue weighted by molar-refractivity contribution is 6.06. The van der Waals surface area contributed by atoms with E-state index in [2.05, 4.69) is 36.5 Å². The summed E-state index contributed by atoms with van der Waals surface area (Å²) in [4.78, 5) is 12.8. The second-order valence-corrected chi connectivity index (χ2v) is 8.36. The van der Waals surface area contributed by atoms with Crippen molar-refractivity contribution in [1.82, 2.24) is 0 Å². The lowest BCUT2D eigenvalue weighted by molar-refractivity contribution is -0.111. The first-order valence-corrected chi connectivity index (χ1v) is 11.2. The summed E-state index contributed by atoms with van der Waals surface area (Å²) in [5.74, 6) is 1.54. The van der Waals surface area contributed by atoms with E-state index in [-0.39, 0.29) is 5.91 Å². The van der Waals surface area contributed by atoms with Crippen LogP contribution in [0.25, 0.3) is 27.7 Å². The number of fused-ring (bicyclic) bond motifs is 1. The van der Waals surface area contributed by atoms with Crippen LogP contribution in [0.5, 0.6) is 17.2 Å². The van der Waals surface area contributed by atoms with Crippen molar-refractivity contribution in [2.45, 2.75) is 20.8 Å². The molecule has 1 amide bonds. The highest BCUT2D eigenvalue weighted by Crippen LogP contribution is 2.40. The van der Waals surface area contributed by atoms with E-state index in [0.717, 1.165) is 38.8 Å². The van der Waals surface area contributed by atoms with Crippen molar-refractivity contribution in [2.75, 3.05) is 26.6 Å². The number of nitrogens with one attached hydrogen (secondary N) is 1. The Hall–Kier alpha value is -4.19. The molecule has 0 aliphatic heterocycles. The van der Waals surface area contributed by atoms with Gasteiger partial charge in [-0.05, 0) is 50.1 Å². The Morgan fingerprint density at radius 3 is 2.29 bits per heavy atom. The van der Waals surface area contributed by atoms with Gasteiger partial charge >= 0.3 is 0 Å². The van der Waals surface area contributed by atoms with Crippen LogP contribution in [0.1, 0.15) is 23.6 Å². The third-order valence-corrected chi connectivity index (χ3v) is 6.03. The number of hydrogen-bond donors (Lipinski definition) is 1. The van der Waals surface area contributed by atoms with Crippen molar-refractivity contribution in [1.29, 1.82) is 0 Å². The van der Waals surface area contributed by atoms with E-state index >= 15 is 0 Å². The van der Waals surface area contributed by atoms with E-state index in [4.69, 9.17) is 18.6 Å². The van der Waals surface area contributed by atoms with E-state index in [0.29, 0.717) is 22.9 Å². The molecular formula is C29H29NO5. The topological polar surface area (TPSA) is 69.9 Å². The molecule has 0 saturated heterocycles. The molecule has 0 unspecified atom stereocenters. The molecule has 4 aromatic rings. The zero-order valence-corrected chi connectivity index (χ0v) is 20.8. The smallest absolute Gasteiger partial charge is 0.248 e. The van der Waals surface area contributed by atoms with Crippen LogP contribution >= 0.6 is 0 Å². The zero-order valence-electron chi connectivity index (χ0n) is 20.8. The maximum atomic E-state index is 12.8. The average Bonchev–Trinajstić information content (AvgIpc) is 3.28. The van der Waals surface area contributed by atoms with Crippen molar-refractivity contribution < 1.29 is 23.4 Å². The van der Waals surface area contributed by atoms with Crippen LogP contribution in [0.2, 0.25) is 0 Å². The van der Waals surface area contributed by atoms with Crippen molar-refractivity contribution in [3.8, 4) is 28.4 Å². The fourth-order valence-corrected chi connectivity index (χ4v) is 4.20. The molecule has 35 heavy (non-hydrogen) atoms. The number of benzene rings is 3. The van der Waals surface area contributed by atoms with Gasteiger partial charge in [0.1, 0.15) is 11.3 Å². The fraction of sp³-hybridized carbons (Fsp3) is 0.207. The number of methoxy groups -OCH3 is 3. The van der Waals surface area contributed by atoms with E-state index < -0.39 is 0 Å². The molecular weight excluding hydrogens is 442 g/mol. The van der Waals surface area contributed by atoms with Gasteiger partial charge < -0.3 is 23.9 Å². The van der Waals surface area contributed by atoms with Crippen LogP contribution in [0.15, 0.2) is 65.3 Å². The number of anilines is 1. The van der Waals surface area contributed by atoms with Crippen LogP contribution in [0, 0.1) is 13.8 Å². The van der Waals surface area contributed by atoms with Gasteiger partial charge in [-0.2, -0.15) is 0 Å². The normalized spacial score (nSPS) is 11.4. The average molecular weight is 472 g/mol. The van der Waals surface area contributed by atoms with Crippen molar-refractivity contribution in [2.24, 2.45) is 0 Å². The molecule has 4 rings (SSSR count). The molecule has 1 heterocycles. The predicted molar refractivity (Wildman–Crippen MR) is 140 cm³/mol. The summed E-state index contributed by atoms with van der Waals surface area (Å²) in [7, 11) is 4.75. The van der Waals surface area contributed by atoms with Gasteiger partial charge in [-0.1, -0.05) is 29.8 Å². The SMILES string of the molecule is COc1ccc(NC(=O)/C=C(\C)c2cc3c(-c4ccc(C)cc4)coc3c(C)c2OC)cc1OC. The van der Waals surface area contributed by atoms with Crippen LogP contribution in [-0.4, -0.2) is 27.2 Å². The molecule has 0 bridgehead atoms. The second kappa shape index (κ2) is 9.97. The van der Waals surface area contributed by atoms with Crippen LogP contribution < -0.4 is 19.5 Å². The Labute approximate surface area is 205 Å². The summed E-state index contributed by atoms with van der Waals surface area (Å²) in [5, 5.41) is 3.85. The number of aryl methyl sites for hydroxylation is 2. The zero-order chi connectivity index (χ0) is 25.1. The molecule has 3 aromatic carbocycles. The minimum Gasteiger partial charge on any atom is -0.496 e. The van der Waals surface area contributed by atoms with Crippen molar-refractivity contribution >= 4 is 28.1 Å². The number of hydrogen-bond acceptors (Lipinski definition) is 5. The number of rotatable bonds is 7. The van der Waals surface area contributed by atoms with Crippen LogP contribution in [-0.2, 0) is 4.79 Å². The van der Waals surface area contributed by atoms with Gasteiger partial charge in [-0.25, -0.2) is 0 Å². The molecule has 6 heteroatoms. The lowest BCUT2D eigenvalue weighted by Gasteiger charge is -2.14. The third-order valence-electron chi connectivity index (χ3n) is 6.03. The Morgan fingerprint density at radius 1 is 0.914 bits per heavy atom. The van der Waals surface area contributed by atoms with Gasteiger partial charge in [0.25, 0.3) is 0 Å². The Morgan fingerprint density at radius 2 is 1.63 bits per heavy atom. The van der Waals surface area contributed by atoms with Crippen molar-refractivity contribution in [3.05, 3.63) is 77.6 Å². The number of carbonyl (C=O) groups excluding carboxylic acids is 1. The maximum absolute atomic E-state index is 12.8. The first-order valence-electron chi connectivity index (χ1n) is 11.2. The lowest BCUT2D eigenvalue weighted by Crippen LogP contribution is -2.09. The molecule has 0 fully saturated rings. The Kier molecular flexibility index (Phi) is 6.82. The van der Waals surface area contributed by atoms with Gasteiger partial charge in [0, 0.05) is 39.9 Å². The van der Waals surface area contributed by atoms with Crippen LogP contribution in [0.4, 0.5) is 5.69 Å². The van der Waals surface area contributed by atoms with Gasteiger partial charge in [0.2, 0.25) is 5.91 Å². The predicted octanol–water partition coefficient (Wildman–Crippen LogP) is 6.78. The summed E-state index contributed by atoms with van der Waals surface area (Å²) in [6, 6.07) is 15.6. The molecule has 0 aliphatic carbocycles. The number of carbonyl (C=O) groups is 1. The van der Waals surface area contributed by atoms with Crippen molar-refractivity contribution in [3.63, 3.8) is 0 Å². The monoisotopic (exact) mass is 471 g/mol. The molecule has 0 spiro atoms. The van der Waals surface area contributed by atoms with Gasteiger partial charge in [0.15, 0.2) is 11.5 Å². The van der Waals surface area contributed by atoms with E-state index in [1.165, 1.54) is 5.56 Å². The molecule has 6 nitrogen and oxygen atoms in total. The fourth-order valence-electron chi connectivity index (χ4n) is 4.20. The van der Waals surface area contributed by atoms with Crippen LogP contribution in [0.3, 0.4) is 0 Å². The quantitative estimate of drug-likeness (QED) is 0.301. The molecule has 0 atom stereocenters. The van der Waals surface area contributed by atoms with Gasteiger partial charge in [-0.3, -0.25) is 4.79 Å². The highest BCUT2D eigenvalue weighted by Gasteiger charge is 2.19. The maximum Gasteiger partial charge on any atom is 0.248 e. The summed E-state index contributed by atoms with van der Waals surface area (Å²) in [5.41, 5.74) is 7.10. The van der Waals surface area contributed by atoms with E-state index in [1.54, 1.807) is 51.9 Å². The minimum absolute atomic E-state index is 0.263. The lowest BCUT2D eigenvalue weighted by atomic mass is 9.96.